The molecule has 1 saturated heterocycles. The predicted octanol–water partition coefficient (Wildman–Crippen LogP) is 2.84. The molecule has 0 aliphatic carbocycles. The van der Waals surface area contributed by atoms with Crippen LogP contribution in [0.15, 0.2) is 24.3 Å². The van der Waals surface area contributed by atoms with E-state index in [-0.39, 0.29) is 42.7 Å². The molecule has 5 nitrogen and oxygen atoms in total. The molecule has 0 bridgehead atoms. The van der Waals surface area contributed by atoms with Crippen molar-refractivity contribution in [2.24, 2.45) is 5.73 Å². The minimum atomic E-state index is -0.339. The molecular formula is C19H31ClN2O3. The van der Waals surface area contributed by atoms with Crippen molar-refractivity contribution in [3.8, 4) is 5.75 Å². The van der Waals surface area contributed by atoms with Gasteiger partial charge in [0.2, 0.25) is 5.91 Å². The average Bonchev–Trinajstić information content (AvgIpc) is 3.03. The Morgan fingerprint density at radius 2 is 1.96 bits per heavy atom. The summed E-state index contributed by atoms with van der Waals surface area (Å²) < 4.78 is 11.3. The van der Waals surface area contributed by atoms with E-state index in [9.17, 15) is 4.79 Å². The number of nitrogens with two attached hydrogens (primary N) is 1. The Morgan fingerprint density at radius 3 is 2.52 bits per heavy atom. The van der Waals surface area contributed by atoms with Crippen LogP contribution in [0.3, 0.4) is 0 Å². The highest BCUT2D eigenvalue weighted by Gasteiger charge is 2.30. The summed E-state index contributed by atoms with van der Waals surface area (Å²) in [5.41, 5.74) is 6.82. The maximum absolute atomic E-state index is 12.2. The Kier molecular flexibility index (Phi) is 9.25. The largest absolute Gasteiger partial charge is 0.491 e. The molecule has 25 heavy (non-hydrogen) atoms. The van der Waals surface area contributed by atoms with Gasteiger partial charge in [0, 0.05) is 12.6 Å². The first-order valence-corrected chi connectivity index (χ1v) is 8.89. The van der Waals surface area contributed by atoms with E-state index < -0.39 is 0 Å². The SMILES string of the molecule is CC(CCc1ccc(OC(C)C)cc1)NC(=O)[C@@H]1CC[C@H](CN)O1.Cl. The summed E-state index contributed by atoms with van der Waals surface area (Å²) in [4.78, 5) is 12.2. The molecule has 1 aromatic carbocycles. The van der Waals surface area contributed by atoms with E-state index in [4.69, 9.17) is 15.2 Å². The summed E-state index contributed by atoms with van der Waals surface area (Å²) >= 11 is 0. The lowest BCUT2D eigenvalue weighted by Gasteiger charge is -2.18. The molecule has 0 spiro atoms. The Labute approximate surface area is 157 Å². The van der Waals surface area contributed by atoms with Crippen molar-refractivity contribution in [3.05, 3.63) is 29.8 Å². The lowest BCUT2D eigenvalue weighted by Crippen LogP contribution is -2.40. The number of halogens is 1. The van der Waals surface area contributed by atoms with Crippen LogP contribution in [0.2, 0.25) is 0 Å². The van der Waals surface area contributed by atoms with Gasteiger partial charge in [0.05, 0.1) is 12.2 Å². The van der Waals surface area contributed by atoms with Gasteiger partial charge in [-0.3, -0.25) is 4.79 Å². The van der Waals surface area contributed by atoms with E-state index in [1.165, 1.54) is 5.56 Å². The van der Waals surface area contributed by atoms with Gasteiger partial charge in [-0.15, -0.1) is 12.4 Å². The van der Waals surface area contributed by atoms with E-state index in [0.29, 0.717) is 6.54 Å². The first-order chi connectivity index (χ1) is 11.5. The summed E-state index contributed by atoms with van der Waals surface area (Å²) in [6.07, 6.45) is 3.31. The normalized spacial score (nSPS) is 20.8. The first kappa shape index (κ1) is 21.7. The second-order valence-corrected chi connectivity index (χ2v) is 6.82. The van der Waals surface area contributed by atoms with Gasteiger partial charge in [-0.25, -0.2) is 0 Å². The van der Waals surface area contributed by atoms with Crippen molar-refractivity contribution < 1.29 is 14.3 Å². The van der Waals surface area contributed by atoms with Crippen LogP contribution < -0.4 is 15.8 Å². The topological polar surface area (TPSA) is 73.6 Å². The van der Waals surface area contributed by atoms with E-state index in [1.807, 2.05) is 32.9 Å². The van der Waals surface area contributed by atoms with Crippen LogP contribution in [0.25, 0.3) is 0 Å². The molecule has 1 fully saturated rings. The van der Waals surface area contributed by atoms with E-state index >= 15 is 0 Å². The van der Waals surface area contributed by atoms with Crippen LogP contribution >= 0.6 is 12.4 Å². The van der Waals surface area contributed by atoms with Gasteiger partial charge in [0.1, 0.15) is 11.9 Å². The van der Waals surface area contributed by atoms with Crippen LogP contribution in [0.1, 0.15) is 45.6 Å². The van der Waals surface area contributed by atoms with Crippen LogP contribution in [0, 0.1) is 0 Å². The number of aryl methyl sites for hydroxylation is 1. The van der Waals surface area contributed by atoms with Gasteiger partial charge in [-0.05, 0) is 64.2 Å². The number of hydrogen-bond acceptors (Lipinski definition) is 4. The van der Waals surface area contributed by atoms with Gasteiger partial charge in [0.15, 0.2) is 0 Å². The molecule has 0 aromatic heterocycles. The second kappa shape index (κ2) is 10.6. The smallest absolute Gasteiger partial charge is 0.249 e. The van der Waals surface area contributed by atoms with Crippen molar-refractivity contribution in [1.82, 2.24) is 5.32 Å². The van der Waals surface area contributed by atoms with Crippen LogP contribution in [0.5, 0.6) is 5.75 Å². The minimum absolute atomic E-state index is 0. The zero-order valence-electron chi connectivity index (χ0n) is 15.4. The predicted molar refractivity (Wildman–Crippen MR) is 102 cm³/mol. The molecule has 2 rings (SSSR count). The molecule has 1 heterocycles. The first-order valence-electron chi connectivity index (χ1n) is 8.89. The van der Waals surface area contributed by atoms with Crippen LogP contribution in [-0.4, -0.2) is 36.8 Å². The third-order valence-electron chi connectivity index (χ3n) is 4.21. The van der Waals surface area contributed by atoms with Crippen LogP contribution in [-0.2, 0) is 16.0 Å². The highest BCUT2D eigenvalue weighted by atomic mass is 35.5. The molecule has 0 radical (unpaired) electrons. The molecule has 1 aliphatic rings. The lowest BCUT2D eigenvalue weighted by molar-refractivity contribution is -0.132. The van der Waals surface area contributed by atoms with E-state index in [0.717, 1.165) is 31.4 Å². The Hall–Kier alpha value is -1.30. The fourth-order valence-electron chi connectivity index (χ4n) is 2.87. The number of carbonyl (C=O) groups is 1. The molecule has 3 N–H and O–H groups in total. The summed E-state index contributed by atoms with van der Waals surface area (Å²) in [5, 5.41) is 3.04. The Balaban J connectivity index is 0.00000312. The van der Waals surface area contributed by atoms with Gasteiger partial charge in [-0.2, -0.15) is 0 Å². The lowest BCUT2D eigenvalue weighted by atomic mass is 10.1. The molecule has 1 aliphatic heterocycles. The number of hydrogen-bond donors (Lipinski definition) is 2. The zero-order chi connectivity index (χ0) is 17.5. The Bertz CT molecular complexity index is 522. The van der Waals surface area contributed by atoms with Crippen molar-refractivity contribution in [2.45, 2.75) is 70.8 Å². The quantitative estimate of drug-likeness (QED) is 0.738. The van der Waals surface area contributed by atoms with Crippen molar-refractivity contribution in [2.75, 3.05) is 6.54 Å². The number of rotatable bonds is 8. The molecule has 1 unspecified atom stereocenters. The molecule has 142 valence electrons. The molecule has 3 atom stereocenters. The summed E-state index contributed by atoms with van der Waals surface area (Å²) in [6.45, 7) is 6.55. The fourth-order valence-corrected chi connectivity index (χ4v) is 2.87. The highest BCUT2D eigenvalue weighted by molar-refractivity contribution is 5.85. The van der Waals surface area contributed by atoms with Gasteiger partial charge in [-0.1, -0.05) is 12.1 Å². The standard InChI is InChI=1S/C19H30N2O3.ClH/c1-13(2)23-16-8-6-15(7-9-16)5-4-14(3)21-19(22)18-11-10-17(12-20)24-18;/h6-9,13-14,17-18H,4-5,10-12,20H2,1-3H3,(H,21,22);1H/t14?,17-,18+;/m1./s1. The molecule has 1 aromatic rings. The fraction of sp³-hybridized carbons (Fsp3) is 0.632. The van der Waals surface area contributed by atoms with Gasteiger partial charge in [0.25, 0.3) is 0 Å². The second-order valence-electron chi connectivity index (χ2n) is 6.82. The number of carbonyl (C=O) groups excluding carboxylic acids is 1. The number of benzene rings is 1. The highest BCUT2D eigenvalue weighted by Crippen LogP contribution is 2.19. The molecule has 1 amide bonds. The molecule has 6 heteroatoms. The van der Waals surface area contributed by atoms with Gasteiger partial charge >= 0.3 is 0 Å². The number of amides is 1. The summed E-state index contributed by atoms with van der Waals surface area (Å²) in [5.74, 6) is 0.877. The van der Waals surface area contributed by atoms with Crippen molar-refractivity contribution >= 4 is 18.3 Å². The average molecular weight is 371 g/mol. The van der Waals surface area contributed by atoms with Crippen LogP contribution in [0.4, 0.5) is 0 Å². The third kappa shape index (κ3) is 7.22. The number of ether oxygens (including phenoxy) is 2. The third-order valence-corrected chi connectivity index (χ3v) is 4.21. The van der Waals surface area contributed by atoms with Crippen molar-refractivity contribution in [3.63, 3.8) is 0 Å². The van der Waals surface area contributed by atoms with Crippen molar-refractivity contribution in [1.29, 1.82) is 0 Å². The Morgan fingerprint density at radius 1 is 1.28 bits per heavy atom. The van der Waals surface area contributed by atoms with E-state index in [1.54, 1.807) is 0 Å². The maximum Gasteiger partial charge on any atom is 0.249 e. The van der Waals surface area contributed by atoms with Gasteiger partial charge < -0.3 is 20.5 Å². The van der Waals surface area contributed by atoms with E-state index in [2.05, 4.69) is 17.4 Å². The molecular weight excluding hydrogens is 340 g/mol. The molecule has 0 saturated carbocycles. The maximum atomic E-state index is 12.2. The monoisotopic (exact) mass is 370 g/mol. The number of nitrogens with one attached hydrogen (secondary N) is 1. The minimum Gasteiger partial charge on any atom is -0.491 e. The summed E-state index contributed by atoms with van der Waals surface area (Å²) in [7, 11) is 0. The zero-order valence-corrected chi connectivity index (χ0v) is 16.2. The summed E-state index contributed by atoms with van der Waals surface area (Å²) in [6, 6.07) is 8.27.